The average molecular weight is 315 g/mol. The number of thiophene rings is 1. The van der Waals surface area contributed by atoms with Crippen molar-refractivity contribution in [2.45, 2.75) is 20.0 Å². The van der Waals surface area contributed by atoms with Crippen molar-refractivity contribution < 1.29 is 4.74 Å². The third kappa shape index (κ3) is 3.18. The van der Waals surface area contributed by atoms with Gasteiger partial charge in [-0.15, -0.1) is 11.3 Å². The SMILES string of the molecule is Cc1nn(C)c(COCCc2cccs2)c1Br. The van der Waals surface area contributed by atoms with Gasteiger partial charge in [-0.3, -0.25) is 4.68 Å². The molecule has 3 nitrogen and oxygen atoms in total. The standard InChI is InChI=1S/C12H15BrN2OS/c1-9-12(13)11(15(2)14-9)8-16-6-5-10-4-3-7-17-10/h3-4,7H,5-6,8H2,1-2H3. The Morgan fingerprint density at radius 3 is 2.94 bits per heavy atom. The highest BCUT2D eigenvalue weighted by Gasteiger charge is 2.10. The number of aromatic nitrogens is 2. The van der Waals surface area contributed by atoms with Crippen LogP contribution >= 0.6 is 27.3 Å². The first kappa shape index (κ1) is 12.8. The molecule has 0 radical (unpaired) electrons. The van der Waals surface area contributed by atoms with Gasteiger partial charge in [-0.2, -0.15) is 5.10 Å². The number of nitrogens with zero attached hydrogens (tertiary/aromatic N) is 2. The van der Waals surface area contributed by atoms with Gasteiger partial charge in [-0.1, -0.05) is 6.07 Å². The van der Waals surface area contributed by atoms with E-state index in [0.717, 1.165) is 28.9 Å². The van der Waals surface area contributed by atoms with Crippen LogP contribution in [0.25, 0.3) is 0 Å². The summed E-state index contributed by atoms with van der Waals surface area (Å²) in [5.74, 6) is 0. The highest BCUT2D eigenvalue weighted by Crippen LogP contribution is 2.20. The van der Waals surface area contributed by atoms with Crippen LogP contribution in [-0.4, -0.2) is 16.4 Å². The molecule has 0 aromatic carbocycles. The van der Waals surface area contributed by atoms with E-state index in [9.17, 15) is 0 Å². The Kier molecular flexibility index (Phi) is 4.36. The van der Waals surface area contributed by atoms with E-state index in [0.29, 0.717) is 6.61 Å². The third-order valence-corrected chi connectivity index (χ3v) is 4.54. The smallest absolute Gasteiger partial charge is 0.0896 e. The lowest BCUT2D eigenvalue weighted by Gasteiger charge is -2.04. The lowest BCUT2D eigenvalue weighted by atomic mass is 10.3. The van der Waals surface area contributed by atoms with Crippen molar-refractivity contribution in [3.63, 3.8) is 0 Å². The van der Waals surface area contributed by atoms with E-state index in [-0.39, 0.29) is 0 Å². The number of hydrogen-bond acceptors (Lipinski definition) is 3. The summed E-state index contributed by atoms with van der Waals surface area (Å²) >= 11 is 5.30. The maximum absolute atomic E-state index is 5.68. The highest BCUT2D eigenvalue weighted by molar-refractivity contribution is 9.10. The summed E-state index contributed by atoms with van der Waals surface area (Å²) in [4.78, 5) is 1.37. The molecule has 2 rings (SSSR count). The fourth-order valence-corrected chi connectivity index (χ4v) is 2.77. The maximum Gasteiger partial charge on any atom is 0.0896 e. The molecule has 0 saturated heterocycles. The van der Waals surface area contributed by atoms with Gasteiger partial charge in [-0.25, -0.2) is 0 Å². The summed E-state index contributed by atoms with van der Waals surface area (Å²) in [7, 11) is 1.94. The van der Waals surface area contributed by atoms with Crippen LogP contribution in [0.1, 0.15) is 16.3 Å². The first-order chi connectivity index (χ1) is 8.18. The van der Waals surface area contributed by atoms with Gasteiger partial charge < -0.3 is 4.74 Å². The van der Waals surface area contributed by atoms with E-state index >= 15 is 0 Å². The Bertz CT molecular complexity index is 479. The molecule has 17 heavy (non-hydrogen) atoms. The molecule has 0 spiro atoms. The molecule has 2 heterocycles. The largest absolute Gasteiger partial charge is 0.375 e. The summed E-state index contributed by atoms with van der Waals surface area (Å²) in [5.41, 5.74) is 2.10. The minimum atomic E-state index is 0.600. The molecule has 0 N–H and O–H groups in total. The summed E-state index contributed by atoms with van der Waals surface area (Å²) in [6.45, 7) is 3.33. The quantitative estimate of drug-likeness (QED) is 0.792. The number of aryl methyl sites for hydroxylation is 2. The van der Waals surface area contributed by atoms with Gasteiger partial charge >= 0.3 is 0 Å². The summed E-state index contributed by atoms with van der Waals surface area (Å²) in [5, 5.41) is 6.42. The Labute approximate surface area is 114 Å². The van der Waals surface area contributed by atoms with Gasteiger partial charge in [-0.05, 0) is 34.3 Å². The molecular weight excluding hydrogens is 300 g/mol. The Hall–Kier alpha value is -0.650. The van der Waals surface area contributed by atoms with Crippen LogP contribution in [0.2, 0.25) is 0 Å². The summed E-state index contributed by atoms with van der Waals surface area (Å²) in [6, 6.07) is 4.21. The molecule has 0 aliphatic carbocycles. The summed E-state index contributed by atoms with van der Waals surface area (Å²) in [6.07, 6.45) is 0.978. The van der Waals surface area contributed by atoms with Crippen LogP contribution < -0.4 is 0 Å². The fourth-order valence-electron chi connectivity index (χ4n) is 1.63. The monoisotopic (exact) mass is 314 g/mol. The topological polar surface area (TPSA) is 27.1 Å². The van der Waals surface area contributed by atoms with Crippen LogP contribution in [0, 0.1) is 6.92 Å². The first-order valence-corrected chi connectivity index (χ1v) is 7.14. The highest BCUT2D eigenvalue weighted by atomic mass is 79.9. The van der Waals surface area contributed by atoms with Crippen LogP contribution in [0.5, 0.6) is 0 Å². The molecule has 2 aromatic rings. The van der Waals surface area contributed by atoms with Crippen molar-refractivity contribution >= 4 is 27.3 Å². The number of halogens is 1. The number of ether oxygens (including phenoxy) is 1. The molecular formula is C12H15BrN2OS. The third-order valence-electron chi connectivity index (χ3n) is 2.57. The fraction of sp³-hybridized carbons (Fsp3) is 0.417. The van der Waals surface area contributed by atoms with Crippen LogP contribution in [0.15, 0.2) is 22.0 Å². The molecule has 5 heteroatoms. The van der Waals surface area contributed by atoms with Gasteiger partial charge in [0.1, 0.15) is 0 Å². The molecule has 92 valence electrons. The van der Waals surface area contributed by atoms with E-state index in [1.165, 1.54) is 4.88 Å². The Morgan fingerprint density at radius 1 is 1.53 bits per heavy atom. The zero-order chi connectivity index (χ0) is 12.3. The molecule has 0 aliphatic heterocycles. The molecule has 0 unspecified atom stereocenters. The van der Waals surface area contributed by atoms with Gasteiger partial charge in [0.05, 0.1) is 29.1 Å². The van der Waals surface area contributed by atoms with Crippen molar-refractivity contribution in [2.24, 2.45) is 7.05 Å². The maximum atomic E-state index is 5.68. The molecule has 0 fully saturated rings. The van der Waals surface area contributed by atoms with Crippen LogP contribution in [-0.2, 0) is 24.8 Å². The van der Waals surface area contributed by atoms with E-state index < -0.39 is 0 Å². The molecule has 0 atom stereocenters. The molecule has 0 aliphatic rings. The molecule has 0 amide bonds. The minimum Gasteiger partial charge on any atom is -0.375 e. The second-order valence-electron chi connectivity index (χ2n) is 3.85. The summed E-state index contributed by atoms with van der Waals surface area (Å²) < 4.78 is 8.60. The second-order valence-corrected chi connectivity index (χ2v) is 5.68. The van der Waals surface area contributed by atoms with E-state index in [1.54, 1.807) is 11.3 Å². The predicted octanol–water partition coefficient (Wildman–Crippen LogP) is 3.31. The van der Waals surface area contributed by atoms with Crippen LogP contribution in [0.4, 0.5) is 0 Å². The van der Waals surface area contributed by atoms with Crippen LogP contribution in [0.3, 0.4) is 0 Å². The Balaban J connectivity index is 1.82. The molecule has 2 aromatic heterocycles. The van der Waals surface area contributed by atoms with Crippen molar-refractivity contribution in [1.29, 1.82) is 0 Å². The lowest BCUT2D eigenvalue weighted by molar-refractivity contribution is 0.118. The Morgan fingerprint density at radius 2 is 2.35 bits per heavy atom. The molecule has 0 saturated carbocycles. The first-order valence-electron chi connectivity index (χ1n) is 5.46. The number of rotatable bonds is 5. The lowest BCUT2D eigenvalue weighted by Crippen LogP contribution is -2.03. The van der Waals surface area contributed by atoms with E-state index in [2.05, 4.69) is 38.5 Å². The predicted molar refractivity (Wildman–Crippen MR) is 73.3 cm³/mol. The van der Waals surface area contributed by atoms with Crippen molar-refractivity contribution in [3.05, 3.63) is 38.3 Å². The number of hydrogen-bond donors (Lipinski definition) is 0. The van der Waals surface area contributed by atoms with Gasteiger partial charge in [0.2, 0.25) is 0 Å². The van der Waals surface area contributed by atoms with Gasteiger partial charge in [0, 0.05) is 18.3 Å². The van der Waals surface area contributed by atoms with Crippen molar-refractivity contribution in [3.8, 4) is 0 Å². The van der Waals surface area contributed by atoms with Gasteiger partial charge in [0.25, 0.3) is 0 Å². The van der Waals surface area contributed by atoms with Crippen molar-refractivity contribution in [2.75, 3.05) is 6.61 Å². The van der Waals surface area contributed by atoms with E-state index in [4.69, 9.17) is 4.74 Å². The zero-order valence-electron chi connectivity index (χ0n) is 9.94. The van der Waals surface area contributed by atoms with Crippen molar-refractivity contribution in [1.82, 2.24) is 9.78 Å². The second kappa shape index (κ2) is 5.80. The average Bonchev–Trinajstić information content (AvgIpc) is 2.87. The normalized spacial score (nSPS) is 11.0. The zero-order valence-corrected chi connectivity index (χ0v) is 12.3. The van der Waals surface area contributed by atoms with Gasteiger partial charge in [0.15, 0.2) is 0 Å². The van der Waals surface area contributed by atoms with E-state index in [1.807, 2.05) is 18.7 Å². The molecule has 0 bridgehead atoms. The minimum absolute atomic E-state index is 0.600.